The van der Waals surface area contributed by atoms with Gasteiger partial charge in [0.15, 0.2) is 0 Å². The van der Waals surface area contributed by atoms with Gasteiger partial charge in [-0.05, 0) is 59.3 Å². The summed E-state index contributed by atoms with van der Waals surface area (Å²) in [7, 11) is 3.92. The minimum Gasteiger partial charge on any atom is -0.383 e. The third kappa shape index (κ3) is 4.21. The second-order valence-electron chi connectivity index (χ2n) is 5.64. The molecular weight excluding hydrogens is 316 g/mol. The fourth-order valence-electron chi connectivity index (χ4n) is 2.47. The Morgan fingerprint density at radius 2 is 2.20 bits per heavy atom. The highest BCUT2D eigenvalue weighted by molar-refractivity contribution is 9.10. The van der Waals surface area contributed by atoms with Gasteiger partial charge >= 0.3 is 0 Å². The van der Waals surface area contributed by atoms with Crippen LogP contribution in [0.25, 0.3) is 0 Å². The molecule has 1 atom stereocenters. The van der Waals surface area contributed by atoms with Gasteiger partial charge in [-0.1, -0.05) is 6.07 Å². The molecule has 0 aliphatic heterocycles. The van der Waals surface area contributed by atoms with E-state index < -0.39 is 0 Å². The molecule has 20 heavy (non-hydrogen) atoms. The lowest BCUT2D eigenvalue weighted by molar-refractivity contribution is 0.199. The van der Waals surface area contributed by atoms with E-state index in [4.69, 9.17) is 4.74 Å². The Morgan fingerprint density at radius 1 is 1.45 bits per heavy atom. The van der Waals surface area contributed by atoms with Crippen molar-refractivity contribution in [3.63, 3.8) is 0 Å². The number of ether oxygens (including phenoxy) is 1. The van der Waals surface area contributed by atoms with Crippen molar-refractivity contribution in [2.24, 2.45) is 5.92 Å². The van der Waals surface area contributed by atoms with Crippen molar-refractivity contribution in [2.75, 3.05) is 32.2 Å². The van der Waals surface area contributed by atoms with Crippen molar-refractivity contribution in [1.82, 2.24) is 5.32 Å². The number of nitrogens with one attached hydrogen (secondary N) is 1. The first kappa shape index (κ1) is 15.8. The molecule has 0 amide bonds. The minimum atomic E-state index is 0.622. The van der Waals surface area contributed by atoms with Crippen LogP contribution in [0.5, 0.6) is 0 Å². The van der Waals surface area contributed by atoms with Crippen LogP contribution in [0.1, 0.15) is 25.3 Å². The van der Waals surface area contributed by atoms with Gasteiger partial charge in [-0.3, -0.25) is 0 Å². The average Bonchev–Trinajstić information content (AvgIpc) is 3.27. The van der Waals surface area contributed by atoms with Gasteiger partial charge in [0.25, 0.3) is 0 Å². The van der Waals surface area contributed by atoms with E-state index in [1.54, 1.807) is 7.11 Å². The third-order valence-electron chi connectivity index (χ3n) is 4.12. The number of methoxy groups -OCH3 is 1. The molecule has 4 heteroatoms. The number of hydrogen-bond acceptors (Lipinski definition) is 3. The Hall–Kier alpha value is -0.580. The van der Waals surface area contributed by atoms with E-state index in [2.05, 4.69) is 58.3 Å². The Bertz CT molecular complexity index is 434. The maximum absolute atomic E-state index is 5.03. The van der Waals surface area contributed by atoms with Gasteiger partial charge in [-0.15, -0.1) is 0 Å². The van der Waals surface area contributed by atoms with Gasteiger partial charge in [-0.2, -0.15) is 0 Å². The van der Waals surface area contributed by atoms with Crippen LogP contribution < -0.4 is 10.2 Å². The Morgan fingerprint density at radius 3 is 2.80 bits per heavy atom. The lowest BCUT2D eigenvalue weighted by atomic mass is 10.1. The molecular formula is C16H25BrN2O. The fraction of sp³-hybridized carbons (Fsp3) is 0.625. The molecule has 112 valence electrons. The lowest BCUT2D eigenvalue weighted by Gasteiger charge is -2.28. The second kappa shape index (κ2) is 7.43. The van der Waals surface area contributed by atoms with E-state index in [-0.39, 0.29) is 0 Å². The van der Waals surface area contributed by atoms with Crippen LogP contribution in [0.3, 0.4) is 0 Å². The minimum absolute atomic E-state index is 0.622. The average molecular weight is 341 g/mol. The van der Waals surface area contributed by atoms with Gasteiger partial charge in [0.2, 0.25) is 0 Å². The first-order valence-electron chi connectivity index (χ1n) is 7.34. The summed E-state index contributed by atoms with van der Waals surface area (Å²) in [6.45, 7) is 4.84. The maximum atomic E-state index is 5.03. The summed E-state index contributed by atoms with van der Waals surface area (Å²) in [5.41, 5.74) is 2.58. The molecule has 1 N–H and O–H groups in total. The van der Waals surface area contributed by atoms with Crippen molar-refractivity contribution < 1.29 is 4.74 Å². The van der Waals surface area contributed by atoms with Gasteiger partial charge in [-0.25, -0.2) is 0 Å². The molecule has 0 saturated heterocycles. The van der Waals surface area contributed by atoms with Crippen LogP contribution >= 0.6 is 15.9 Å². The van der Waals surface area contributed by atoms with Gasteiger partial charge in [0.1, 0.15) is 0 Å². The van der Waals surface area contributed by atoms with E-state index in [1.807, 2.05) is 0 Å². The summed E-state index contributed by atoms with van der Waals surface area (Å²) in [6, 6.07) is 7.26. The molecule has 2 rings (SSSR count). The van der Waals surface area contributed by atoms with Crippen LogP contribution in [-0.2, 0) is 11.3 Å². The van der Waals surface area contributed by atoms with Crippen molar-refractivity contribution in [3.05, 3.63) is 28.2 Å². The standard InChI is InChI=1S/C16H25BrN2O/c1-12(14-5-6-14)19(2)16-7-4-13(10-15(16)17)11-18-8-9-20-3/h4,7,10,12,14,18H,5-6,8-9,11H2,1-3H3. The highest BCUT2D eigenvalue weighted by Crippen LogP contribution is 2.38. The van der Waals surface area contributed by atoms with E-state index in [9.17, 15) is 0 Å². The lowest BCUT2D eigenvalue weighted by Crippen LogP contribution is -2.30. The van der Waals surface area contributed by atoms with E-state index in [1.165, 1.54) is 28.6 Å². The number of halogens is 1. The van der Waals surface area contributed by atoms with Gasteiger partial charge in [0.05, 0.1) is 12.3 Å². The third-order valence-corrected chi connectivity index (χ3v) is 4.75. The molecule has 1 aliphatic rings. The van der Waals surface area contributed by atoms with E-state index in [0.717, 1.165) is 25.6 Å². The normalized spacial score (nSPS) is 16.2. The predicted octanol–water partition coefficient (Wildman–Crippen LogP) is 3.42. The molecule has 1 saturated carbocycles. The summed E-state index contributed by atoms with van der Waals surface area (Å²) in [6.07, 6.45) is 2.76. The Kier molecular flexibility index (Phi) is 5.87. The predicted molar refractivity (Wildman–Crippen MR) is 88.3 cm³/mol. The molecule has 1 aliphatic carbocycles. The van der Waals surface area contributed by atoms with Crippen LogP contribution in [0.4, 0.5) is 5.69 Å². The molecule has 0 heterocycles. The van der Waals surface area contributed by atoms with Crippen molar-refractivity contribution >= 4 is 21.6 Å². The van der Waals surface area contributed by atoms with Gasteiger partial charge in [0, 0.05) is 37.8 Å². The topological polar surface area (TPSA) is 24.5 Å². The maximum Gasteiger partial charge on any atom is 0.0587 e. The van der Waals surface area contributed by atoms with Crippen LogP contribution in [0, 0.1) is 5.92 Å². The summed E-state index contributed by atoms with van der Waals surface area (Å²) in [5, 5.41) is 3.37. The largest absolute Gasteiger partial charge is 0.383 e. The molecule has 0 bridgehead atoms. The number of rotatable bonds is 8. The van der Waals surface area contributed by atoms with E-state index >= 15 is 0 Å². The monoisotopic (exact) mass is 340 g/mol. The molecule has 1 aromatic carbocycles. The van der Waals surface area contributed by atoms with Crippen LogP contribution in [-0.4, -0.2) is 33.4 Å². The quantitative estimate of drug-likeness (QED) is 0.734. The zero-order chi connectivity index (χ0) is 14.5. The number of benzene rings is 1. The summed E-state index contributed by atoms with van der Waals surface area (Å²) in [4.78, 5) is 2.39. The van der Waals surface area contributed by atoms with Crippen molar-refractivity contribution in [1.29, 1.82) is 0 Å². The summed E-state index contributed by atoms with van der Waals surface area (Å²) >= 11 is 3.71. The first-order valence-corrected chi connectivity index (χ1v) is 8.13. The zero-order valence-electron chi connectivity index (χ0n) is 12.7. The molecule has 1 unspecified atom stereocenters. The molecule has 3 nitrogen and oxygen atoms in total. The van der Waals surface area contributed by atoms with Crippen LogP contribution in [0.2, 0.25) is 0 Å². The van der Waals surface area contributed by atoms with Crippen LogP contribution in [0.15, 0.2) is 22.7 Å². The smallest absolute Gasteiger partial charge is 0.0587 e. The molecule has 1 aromatic rings. The first-order chi connectivity index (χ1) is 9.63. The SMILES string of the molecule is COCCNCc1ccc(N(C)C(C)C2CC2)c(Br)c1. The van der Waals surface area contributed by atoms with E-state index in [0.29, 0.717) is 6.04 Å². The highest BCUT2D eigenvalue weighted by atomic mass is 79.9. The van der Waals surface area contributed by atoms with Crippen molar-refractivity contribution in [2.45, 2.75) is 32.4 Å². The fourth-order valence-corrected chi connectivity index (χ4v) is 3.17. The number of nitrogens with zero attached hydrogens (tertiary/aromatic N) is 1. The zero-order valence-corrected chi connectivity index (χ0v) is 14.2. The molecule has 1 fully saturated rings. The number of hydrogen-bond donors (Lipinski definition) is 1. The molecule has 0 spiro atoms. The Labute approximate surface area is 130 Å². The summed E-state index contributed by atoms with van der Waals surface area (Å²) in [5.74, 6) is 0.877. The second-order valence-corrected chi connectivity index (χ2v) is 6.50. The van der Waals surface area contributed by atoms with Gasteiger partial charge < -0.3 is 15.0 Å². The molecule has 0 aromatic heterocycles. The van der Waals surface area contributed by atoms with Crippen molar-refractivity contribution in [3.8, 4) is 0 Å². The Balaban J connectivity index is 1.94. The number of anilines is 1. The summed E-state index contributed by atoms with van der Waals surface area (Å²) < 4.78 is 6.21. The highest BCUT2D eigenvalue weighted by Gasteiger charge is 2.31. The molecule has 0 radical (unpaired) electrons.